The van der Waals surface area contributed by atoms with Gasteiger partial charge in [-0.2, -0.15) is 5.10 Å². The number of benzene rings is 1. The van der Waals surface area contributed by atoms with Gasteiger partial charge in [-0.05, 0) is 50.3 Å². The first-order chi connectivity index (χ1) is 10.7. The van der Waals surface area contributed by atoms with E-state index in [0.717, 1.165) is 29.2 Å². The quantitative estimate of drug-likeness (QED) is 0.781. The summed E-state index contributed by atoms with van der Waals surface area (Å²) in [6.07, 6.45) is 4.70. The van der Waals surface area contributed by atoms with Crippen LogP contribution in [0.4, 0.5) is 0 Å². The highest BCUT2D eigenvalue weighted by Crippen LogP contribution is 2.29. The molecule has 4 nitrogen and oxygen atoms in total. The van der Waals surface area contributed by atoms with Crippen LogP contribution in [0.2, 0.25) is 0 Å². The van der Waals surface area contributed by atoms with Gasteiger partial charge in [0.25, 0.3) is 0 Å². The zero-order valence-electron chi connectivity index (χ0n) is 12.4. The van der Waals surface area contributed by atoms with Crippen LogP contribution in [0.25, 0.3) is 16.4 Å². The smallest absolute Gasteiger partial charge is 0.211 e. The summed E-state index contributed by atoms with van der Waals surface area (Å²) in [6, 6.07) is 7.20. The van der Waals surface area contributed by atoms with Crippen LogP contribution in [0.15, 0.2) is 29.6 Å². The SMILES string of the molecule is Cc1c2c(nn1-c1nc(-c3cccc(O)c3)cs1)CCCC2. The minimum atomic E-state index is 0.262. The second-order valence-corrected chi connectivity index (χ2v) is 6.53. The lowest BCUT2D eigenvalue weighted by molar-refractivity contribution is 0.475. The van der Waals surface area contributed by atoms with Gasteiger partial charge in [-0.15, -0.1) is 11.3 Å². The molecule has 0 unspecified atom stereocenters. The summed E-state index contributed by atoms with van der Waals surface area (Å²) < 4.78 is 1.98. The number of phenols is 1. The second-order valence-electron chi connectivity index (χ2n) is 5.70. The van der Waals surface area contributed by atoms with Gasteiger partial charge in [0.05, 0.1) is 11.4 Å². The molecule has 0 radical (unpaired) electrons. The van der Waals surface area contributed by atoms with E-state index in [1.54, 1.807) is 23.5 Å². The Bertz CT molecular complexity index is 834. The lowest BCUT2D eigenvalue weighted by atomic mass is 9.96. The van der Waals surface area contributed by atoms with E-state index >= 15 is 0 Å². The number of fused-ring (bicyclic) bond motifs is 1. The summed E-state index contributed by atoms with van der Waals surface area (Å²) in [6.45, 7) is 2.13. The van der Waals surface area contributed by atoms with Crippen molar-refractivity contribution in [2.75, 3.05) is 0 Å². The molecule has 22 heavy (non-hydrogen) atoms. The van der Waals surface area contributed by atoms with Crippen molar-refractivity contribution in [2.24, 2.45) is 0 Å². The molecule has 5 heteroatoms. The van der Waals surface area contributed by atoms with Crippen molar-refractivity contribution in [2.45, 2.75) is 32.6 Å². The summed E-state index contributed by atoms with van der Waals surface area (Å²) in [5.41, 5.74) is 5.66. The Labute approximate surface area is 133 Å². The number of rotatable bonds is 2. The highest BCUT2D eigenvalue weighted by Gasteiger charge is 2.20. The number of hydrogen-bond acceptors (Lipinski definition) is 4. The van der Waals surface area contributed by atoms with Crippen LogP contribution >= 0.6 is 11.3 Å². The van der Waals surface area contributed by atoms with Crippen molar-refractivity contribution >= 4 is 11.3 Å². The number of nitrogens with zero attached hydrogens (tertiary/aromatic N) is 3. The topological polar surface area (TPSA) is 50.9 Å². The van der Waals surface area contributed by atoms with Crippen molar-refractivity contribution in [1.29, 1.82) is 0 Å². The third-order valence-corrected chi connectivity index (χ3v) is 5.05. The van der Waals surface area contributed by atoms with Crippen LogP contribution in [-0.4, -0.2) is 19.9 Å². The lowest BCUT2D eigenvalue weighted by Gasteiger charge is -2.08. The van der Waals surface area contributed by atoms with Gasteiger partial charge < -0.3 is 5.11 Å². The fourth-order valence-corrected chi connectivity index (χ4v) is 3.89. The van der Waals surface area contributed by atoms with E-state index < -0.39 is 0 Å². The van der Waals surface area contributed by atoms with Gasteiger partial charge in [0.1, 0.15) is 5.75 Å². The molecule has 112 valence electrons. The zero-order chi connectivity index (χ0) is 15.1. The molecule has 4 rings (SSSR count). The molecule has 0 amide bonds. The maximum atomic E-state index is 9.61. The van der Waals surface area contributed by atoms with Gasteiger partial charge in [-0.1, -0.05) is 12.1 Å². The number of aromatic nitrogens is 3. The van der Waals surface area contributed by atoms with E-state index in [-0.39, 0.29) is 5.75 Å². The summed E-state index contributed by atoms with van der Waals surface area (Å²) >= 11 is 1.59. The normalized spacial score (nSPS) is 14.0. The predicted octanol–water partition coefficient (Wildman–Crippen LogP) is 3.89. The van der Waals surface area contributed by atoms with E-state index in [1.165, 1.54) is 29.8 Å². The Hall–Kier alpha value is -2.14. The zero-order valence-corrected chi connectivity index (χ0v) is 13.2. The Morgan fingerprint density at radius 2 is 2.09 bits per heavy atom. The molecule has 0 bridgehead atoms. The van der Waals surface area contributed by atoms with Gasteiger partial charge in [0.15, 0.2) is 0 Å². The molecule has 1 aliphatic carbocycles. The molecule has 0 atom stereocenters. The van der Waals surface area contributed by atoms with Gasteiger partial charge in [0, 0.05) is 16.6 Å². The van der Waals surface area contributed by atoms with Gasteiger partial charge >= 0.3 is 0 Å². The predicted molar refractivity (Wildman–Crippen MR) is 87.7 cm³/mol. The van der Waals surface area contributed by atoms with Crippen molar-refractivity contribution < 1.29 is 5.11 Å². The second kappa shape index (κ2) is 5.25. The molecular weight excluding hydrogens is 294 g/mol. The minimum Gasteiger partial charge on any atom is -0.508 e. The Morgan fingerprint density at radius 1 is 1.23 bits per heavy atom. The molecule has 1 aliphatic rings. The number of hydrogen-bond donors (Lipinski definition) is 1. The molecular formula is C17H17N3OS. The van der Waals surface area contributed by atoms with Crippen LogP contribution in [0.3, 0.4) is 0 Å². The summed E-state index contributed by atoms with van der Waals surface area (Å²) in [7, 11) is 0. The first-order valence-corrected chi connectivity index (χ1v) is 8.43. The van der Waals surface area contributed by atoms with E-state index in [0.29, 0.717) is 0 Å². The number of thiazole rings is 1. The monoisotopic (exact) mass is 311 g/mol. The Morgan fingerprint density at radius 3 is 2.91 bits per heavy atom. The molecule has 0 saturated heterocycles. The maximum absolute atomic E-state index is 9.61. The van der Waals surface area contributed by atoms with E-state index in [2.05, 4.69) is 6.92 Å². The lowest BCUT2D eigenvalue weighted by Crippen LogP contribution is -2.00. The third kappa shape index (κ3) is 2.22. The molecule has 1 N–H and O–H groups in total. The standard InChI is InChI=1S/C17H17N3OS/c1-11-14-7-2-3-8-15(14)19-20(11)17-18-16(10-22-17)12-5-4-6-13(21)9-12/h4-6,9-10,21H,2-3,7-8H2,1H3. The molecule has 0 fully saturated rings. The molecule has 2 heterocycles. The number of aromatic hydroxyl groups is 1. The molecule has 3 aromatic rings. The first-order valence-electron chi connectivity index (χ1n) is 7.55. The Balaban J connectivity index is 1.74. The third-order valence-electron chi connectivity index (χ3n) is 4.23. The molecule has 0 aliphatic heterocycles. The van der Waals surface area contributed by atoms with Crippen molar-refractivity contribution in [3.8, 4) is 22.1 Å². The Kier molecular flexibility index (Phi) is 3.22. The fourth-order valence-electron chi connectivity index (χ4n) is 3.06. The van der Waals surface area contributed by atoms with Gasteiger partial charge in [0.2, 0.25) is 5.13 Å². The van der Waals surface area contributed by atoms with Crippen molar-refractivity contribution in [1.82, 2.24) is 14.8 Å². The van der Waals surface area contributed by atoms with E-state index in [4.69, 9.17) is 10.1 Å². The highest BCUT2D eigenvalue weighted by atomic mass is 32.1. The molecule has 0 saturated carbocycles. The van der Waals surface area contributed by atoms with E-state index in [9.17, 15) is 5.11 Å². The largest absolute Gasteiger partial charge is 0.508 e. The number of aryl methyl sites for hydroxylation is 1. The van der Waals surface area contributed by atoms with Gasteiger partial charge in [-0.25, -0.2) is 9.67 Å². The summed E-state index contributed by atoms with van der Waals surface area (Å²) in [4.78, 5) is 4.70. The molecule has 1 aromatic carbocycles. The van der Waals surface area contributed by atoms with Crippen LogP contribution < -0.4 is 0 Å². The van der Waals surface area contributed by atoms with Crippen LogP contribution in [0.1, 0.15) is 29.8 Å². The minimum absolute atomic E-state index is 0.262. The van der Waals surface area contributed by atoms with Crippen molar-refractivity contribution in [3.05, 3.63) is 46.6 Å². The fraction of sp³-hybridized carbons (Fsp3) is 0.294. The van der Waals surface area contributed by atoms with Crippen LogP contribution in [0.5, 0.6) is 5.75 Å². The number of phenolic OH excluding ortho intramolecular Hbond substituents is 1. The highest BCUT2D eigenvalue weighted by molar-refractivity contribution is 7.12. The molecule has 0 spiro atoms. The first kappa shape index (κ1) is 13.5. The molecule has 2 aromatic heterocycles. The summed E-state index contributed by atoms with van der Waals surface area (Å²) in [5.74, 6) is 0.262. The van der Waals surface area contributed by atoms with Gasteiger partial charge in [-0.3, -0.25) is 0 Å². The van der Waals surface area contributed by atoms with Crippen LogP contribution in [0, 0.1) is 6.92 Å². The maximum Gasteiger partial charge on any atom is 0.211 e. The van der Waals surface area contributed by atoms with Crippen LogP contribution in [-0.2, 0) is 12.8 Å². The average Bonchev–Trinajstić information content (AvgIpc) is 3.13. The van der Waals surface area contributed by atoms with E-state index in [1.807, 2.05) is 22.2 Å². The average molecular weight is 311 g/mol. The summed E-state index contributed by atoms with van der Waals surface area (Å²) in [5, 5.41) is 17.3. The van der Waals surface area contributed by atoms with Crippen molar-refractivity contribution in [3.63, 3.8) is 0 Å².